The zero-order valence-corrected chi connectivity index (χ0v) is 15.0. The van der Waals surface area contributed by atoms with Crippen LogP contribution in [-0.4, -0.2) is 27.1 Å². The first kappa shape index (κ1) is 18.5. The van der Waals surface area contributed by atoms with Gasteiger partial charge in [-0.2, -0.15) is 9.31 Å². The molecule has 0 radical (unpaired) electrons. The van der Waals surface area contributed by atoms with Gasteiger partial charge in [0.1, 0.15) is 0 Å². The Bertz CT molecular complexity index is 792. The second-order valence-electron chi connectivity index (χ2n) is 5.52. The molecule has 0 spiro atoms. The summed E-state index contributed by atoms with van der Waals surface area (Å²) in [5.74, 6) is -0.441. The zero-order chi connectivity index (χ0) is 18.4. The topological polar surface area (TPSA) is 61.2 Å². The number of hydrogen-bond donors (Lipinski definition) is 0. The number of carbonyl (C=O) groups is 1. The van der Waals surface area contributed by atoms with Gasteiger partial charge in [0, 0.05) is 5.56 Å². The predicted molar refractivity (Wildman–Crippen MR) is 98.0 cm³/mol. The Kier molecular flexibility index (Phi) is 6.14. The van der Waals surface area contributed by atoms with E-state index in [1.807, 2.05) is 62.4 Å². The third-order valence-electron chi connectivity index (χ3n) is 3.73. The third kappa shape index (κ3) is 4.16. The van der Waals surface area contributed by atoms with Crippen molar-refractivity contribution >= 4 is 18.5 Å². The number of aromatic nitrogens is 2. The first-order chi connectivity index (χ1) is 12.1. The molecule has 0 N–H and O–H groups in total. The van der Waals surface area contributed by atoms with Gasteiger partial charge in [-0.25, -0.2) is 9.48 Å². The maximum atomic E-state index is 11.9. The van der Waals surface area contributed by atoms with Crippen LogP contribution in [0.5, 0.6) is 0 Å². The van der Waals surface area contributed by atoms with Crippen molar-refractivity contribution in [3.8, 4) is 16.9 Å². The van der Waals surface area contributed by atoms with Crippen LogP contribution in [0.25, 0.3) is 16.9 Å². The Morgan fingerprint density at radius 2 is 1.48 bits per heavy atom. The molecule has 0 atom stereocenters. The predicted octanol–water partition coefficient (Wildman–Crippen LogP) is 3.61. The lowest BCUT2D eigenvalue weighted by Gasteiger charge is -2.08. The second-order valence-corrected chi connectivity index (χ2v) is 5.52. The van der Waals surface area contributed by atoms with E-state index in [9.17, 15) is 4.79 Å². The number of ether oxygens (including phenoxy) is 1. The fraction of sp³-hybridized carbons (Fsp3) is 0.158. The van der Waals surface area contributed by atoms with Crippen LogP contribution in [0.15, 0.2) is 54.6 Å². The Balaban J connectivity index is 0.00000109. The molecule has 0 amide bonds. The number of benzene rings is 2. The highest BCUT2D eigenvalue weighted by molar-refractivity contribution is 7.44. The summed E-state index contributed by atoms with van der Waals surface area (Å²) in [5, 5.41) is 4.42. The van der Waals surface area contributed by atoms with E-state index in [0.717, 1.165) is 16.9 Å². The molecule has 0 aliphatic rings. The third-order valence-corrected chi connectivity index (χ3v) is 3.73. The monoisotopic (exact) mass is 354 g/mol. The standard InChI is InChI=1S/C19H18N2O2.OS/c1-13-4-8-15(9-5-13)18-12-17(19(22)23-3)20-21(18)16-10-6-14(2)7-11-16;1-2/h4-12H,1-3H3;. The van der Waals surface area contributed by atoms with Crippen molar-refractivity contribution in [1.29, 1.82) is 0 Å². The van der Waals surface area contributed by atoms with Crippen molar-refractivity contribution in [3.63, 3.8) is 0 Å². The molecule has 5 nitrogen and oxygen atoms in total. The Labute approximate surface area is 151 Å². The molecular weight excluding hydrogens is 336 g/mol. The van der Waals surface area contributed by atoms with Crippen molar-refractivity contribution in [2.24, 2.45) is 0 Å². The maximum absolute atomic E-state index is 11.9. The lowest BCUT2D eigenvalue weighted by Crippen LogP contribution is -2.04. The van der Waals surface area contributed by atoms with E-state index < -0.39 is 5.97 Å². The summed E-state index contributed by atoms with van der Waals surface area (Å²) in [6.07, 6.45) is 0. The van der Waals surface area contributed by atoms with E-state index in [0.29, 0.717) is 5.69 Å². The van der Waals surface area contributed by atoms with E-state index in [-0.39, 0.29) is 0 Å². The molecule has 0 saturated carbocycles. The van der Waals surface area contributed by atoms with E-state index >= 15 is 0 Å². The van der Waals surface area contributed by atoms with Crippen LogP contribution in [0.3, 0.4) is 0 Å². The molecule has 1 aromatic heterocycles. The quantitative estimate of drug-likeness (QED) is 0.673. The first-order valence-corrected chi connectivity index (χ1v) is 7.91. The number of carbonyl (C=O) groups excluding carboxylic acids is 1. The fourth-order valence-corrected chi connectivity index (χ4v) is 2.40. The molecule has 0 unspecified atom stereocenters. The van der Waals surface area contributed by atoms with Crippen LogP contribution < -0.4 is 0 Å². The van der Waals surface area contributed by atoms with E-state index in [1.165, 1.54) is 18.2 Å². The number of nitrogens with zero attached hydrogens (tertiary/aromatic N) is 2. The van der Waals surface area contributed by atoms with Crippen molar-refractivity contribution in [3.05, 3.63) is 71.4 Å². The number of esters is 1. The Morgan fingerprint density at radius 3 is 2.00 bits per heavy atom. The van der Waals surface area contributed by atoms with Gasteiger partial charge < -0.3 is 4.74 Å². The summed E-state index contributed by atoms with van der Waals surface area (Å²) in [4.78, 5) is 11.9. The maximum Gasteiger partial charge on any atom is 0.358 e. The van der Waals surface area contributed by atoms with Gasteiger partial charge in [-0.1, -0.05) is 47.5 Å². The van der Waals surface area contributed by atoms with Crippen LogP contribution in [0.2, 0.25) is 0 Å². The highest BCUT2D eigenvalue weighted by Crippen LogP contribution is 2.25. The molecule has 0 fully saturated rings. The molecule has 25 heavy (non-hydrogen) atoms. The van der Waals surface area contributed by atoms with Crippen LogP contribution in [-0.2, 0) is 17.3 Å². The lowest BCUT2D eigenvalue weighted by molar-refractivity contribution is 0.0593. The molecular formula is C19H18N2O3S. The van der Waals surface area contributed by atoms with Crippen molar-refractivity contribution in [2.75, 3.05) is 7.11 Å². The summed E-state index contributed by atoms with van der Waals surface area (Å²) in [5.41, 5.74) is 5.41. The van der Waals surface area contributed by atoms with Gasteiger partial charge >= 0.3 is 5.97 Å². The molecule has 128 valence electrons. The Hall–Kier alpha value is -2.86. The number of aryl methyl sites for hydroxylation is 2. The SMILES string of the molecule is COC(=O)c1cc(-c2ccc(C)cc2)n(-c2ccc(C)cc2)n1.O=S. The normalized spacial score (nSPS) is 9.88. The van der Waals surface area contributed by atoms with Crippen molar-refractivity contribution in [1.82, 2.24) is 9.78 Å². The average molecular weight is 354 g/mol. The van der Waals surface area contributed by atoms with Gasteiger partial charge in [0.2, 0.25) is 0 Å². The summed E-state index contributed by atoms with van der Waals surface area (Å²) in [6.45, 7) is 4.08. The van der Waals surface area contributed by atoms with Gasteiger partial charge in [0.05, 0.1) is 18.5 Å². The molecule has 3 rings (SSSR count). The van der Waals surface area contributed by atoms with Crippen LogP contribution >= 0.6 is 0 Å². The highest BCUT2D eigenvalue weighted by Gasteiger charge is 2.17. The smallest absolute Gasteiger partial charge is 0.358 e. The minimum Gasteiger partial charge on any atom is -0.464 e. The minimum atomic E-state index is -0.441. The molecule has 6 heteroatoms. The zero-order valence-electron chi connectivity index (χ0n) is 14.2. The lowest BCUT2D eigenvalue weighted by atomic mass is 10.1. The van der Waals surface area contributed by atoms with E-state index in [2.05, 4.69) is 17.6 Å². The van der Waals surface area contributed by atoms with Gasteiger partial charge in [-0.15, -0.1) is 0 Å². The minimum absolute atomic E-state index is 0.295. The van der Waals surface area contributed by atoms with Gasteiger partial charge in [0.15, 0.2) is 18.2 Å². The van der Waals surface area contributed by atoms with Crippen molar-refractivity contribution < 1.29 is 13.7 Å². The summed E-state index contributed by atoms with van der Waals surface area (Å²) in [7, 11) is 1.36. The summed E-state index contributed by atoms with van der Waals surface area (Å²) >= 11 is 2.83. The molecule has 0 bridgehead atoms. The molecule has 0 aliphatic heterocycles. The summed E-state index contributed by atoms with van der Waals surface area (Å²) in [6, 6.07) is 17.9. The fourth-order valence-electron chi connectivity index (χ4n) is 2.40. The largest absolute Gasteiger partial charge is 0.464 e. The van der Waals surface area contributed by atoms with Crippen LogP contribution in [0, 0.1) is 13.8 Å². The average Bonchev–Trinajstić information content (AvgIpc) is 3.09. The number of hydrogen-bond acceptors (Lipinski definition) is 5. The number of methoxy groups -OCH3 is 1. The van der Waals surface area contributed by atoms with Crippen LogP contribution in [0.1, 0.15) is 21.6 Å². The molecule has 2 aromatic carbocycles. The molecule has 0 saturated heterocycles. The van der Waals surface area contributed by atoms with E-state index in [1.54, 1.807) is 10.7 Å². The van der Waals surface area contributed by atoms with Gasteiger partial charge in [-0.05, 0) is 32.0 Å². The molecule has 1 heterocycles. The van der Waals surface area contributed by atoms with Gasteiger partial charge in [-0.3, -0.25) is 0 Å². The van der Waals surface area contributed by atoms with Crippen molar-refractivity contribution in [2.45, 2.75) is 13.8 Å². The van der Waals surface area contributed by atoms with Gasteiger partial charge in [0.25, 0.3) is 0 Å². The summed E-state index contributed by atoms with van der Waals surface area (Å²) < 4.78 is 14.4. The Morgan fingerprint density at radius 1 is 0.960 bits per heavy atom. The first-order valence-electron chi connectivity index (χ1n) is 7.57. The second kappa shape index (κ2) is 8.30. The highest BCUT2D eigenvalue weighted by atomic mass is 32.1. The van der Waals surface area contributed by atoms with Crippen LogP contribution in [0.4, 0.5) is 0 Å². The number of rotatable bonds is 3. The molecule has 3 aromatic rings. The molecule has 0 aliphatic carbocycles. The van der Waals surface area contributed by atoms with E-state index in [4.69, 9.17) is 8.95 Å².